The molecule has 2 aliphatic rings. The Labute approximate surface area is 167 Å². The van der Waals surface area contributed by atoms with Crippen molar-refractivity contribution in [3.05, 3.63) is 53.9 Å². The van der Waals surface area contributed by atoms with Gasteiger partial charge in [0.2, 0.25) is 10.0 Å². The molecule has 10 heteroatoms. The number of aromatic nitrogens is 3. The zero-order valence-corrected chi connectivity index (χ0v) is 16.2. The molecule has 0 spiro atoms. The molecule has 150 valence electrons. The van der Waals surface area contributed by atoms with Gasteiger partial charge >= 0.3 is 0 Å². The summed E-state index contributed by atoms with van der Waals surface area (Å²) in [7, 11) is -3.53. The van der Waals surface area contributed by atoms with Crippen molar-refractivity contribution < 1.29 is 17.9 Å². The first-order valence-corrected chi connectivity index (χ1v) is 10.7. The summed E-state index contributed by atoms with van der Waals surface area (Å²) in [6, 6.07) is 8.26. The third-order valence-corrected chi connectivity index (χ3v) is 7.32. The fraction of sp³-hybridized carbons (Fsp3) is 0.316. The Bertz CT molecular complexity index is 1170. The number of rotatable bonds is 5. The van der Waals surface area contributed by atoms with Crippen LogP contribution in [-0.4, -0.2) is 59.1 Å². The van der Waals surface area contributed by atoms with E-state index < -0.39 is 10.0 Å². The number of sulfonamides is 1. The van der Waals surface area contributed by atoms with Crippen LogP contribution in [0.4, 0.5) is 0 Å². The van der Waals surface area contributed by atoms with Gasteiger partial charge in [0.1, 0.15) is 0 Å². The first-order chi connectivity index (χ1) is 14.0. The third-order valence-electron chi connectivity index (χ3n) is 5.39. The molecule has 2 bridgehead atoms. The van der Waals surface area contributed by atoms with E-state index in [1.165, 1.54) is 10.5 Å². The van der Waals surface area contributed by atoms with Crippen LogP contribution in [0.3, 0.4) is 0 Å². The van der Waals surface area contributed by atoms with E-state index in [-0.39, 0.29) is 29.5 Å². The van der Waals surface area contributed by atoms with E-state index in [1.807, 2.05) is 0 Å². The SMILES string of the molecule is O=C(NCc1ccc(S(=O)(=O)N2C[C@H]3C[C@@H]2CO3)cc1)c1cnc2[nH]ncc2c1. The highest BCUT2D eigenvalue weighted by atomic mass is 32.2. The summed E-state index contributed by atoms with van der Waals surface area (Å²) in [4.78, 5) is 16.8. The number of pyridine rings is 1. The molecule has 29 heavy (non-hydrogen) atoms. The van der Waals surface area contributed by atoms with Crippen molar-refractivity contribution >= 4 is 27.0 Å². The van der Waals surface area contributed by atoms with Gasteiger partial charge in [0.25, 0.3) is 5.91 Å². The number of morpholine rings is 1. The van der Waals surface area contributed by atoms with E-state index in [4.69, 9.17) is 4.74 Å². The lowest BCUT2D eigenvalue weighted by Crippen LogP contribution is -2.41. The van der Waals surface area contributed by atoms with Gasteiger partial charge in [0.05, 0.1) is 35.4 Å². The van der Waals surface area contributed by atoms with Crippen LogP contribution in [0.2, 0.25) is 0 Å². The number of benzene rings is 1. The Kier molecular flexibility index (Phi) is 4.34. The first-order valence-electron chi connectivity index (χ1n) is 9.30. The number of hydrogen-bond acceptors (Lipinski definition) is 6. The highest BCUT2D eigenvalue weighted by Crippen LogP contribution is 2.32. The minimum absolute atomic E-state index is 0.0139. The van der Waals surface area contributed by atoms with E-state index in [1.54, 1.807) is 36.5 Å². The third kappa shape index (κ3) is 3.28. The molecule has 1 aromatic carbocycles. The number of aromatic amines is 1. The highest BCUT2D eigenvalue weighted by molar-refractivity contribution is 7.89. The number of carbonyl (C=O) groups excluding carboxylic acids is 1. The number of nitrogens with zero attached hydrogens (tertiary/aromatic N) is 3. The van der Waals surface area contributed by atoms with E-state index >= 15 is 0 Å². The molecule has 0 radical (unpaired) electrons. The van der Waals surface area contributed by atoms with Gasteiger partial charge in [0.15, 0.2) is 5.65 Å². The molecule has 1 amide bonds. The molecule has 5 rings (SSSR count). The van der Waals surface area contributed by atoms with E-state index in [2.05, 4.69) is 20.5 Å². The largest absolute Gasteiger partial charge is 0.375 e. The molecule has 3 aromatic rings. The van der Waals surface area contributed by atoms with Gasteiger partial charge in [-0.15, -0.1) is 0 Å². The van der Waals surface area contributed by atoms with Crippen LogP contribution < -0.4 is 5.32 Å². The Morgan fingerprint density at radius 1 is 1.28 bits per heavy atom. The van der Waals surface area contributed by atoms with Crippen LogP contribution in [-0.2, 0) is 21.3 Å². The van der Waals surface area contributed by atoms with Crippen LogP contribution in [0.1, 0.15) is 22.3 Å². The Morgan fingerprint density at radius 2 is 2.10 bits per heavy atom. The second-order valence-corrected chi connectivity index (χ2v) is 9.17. The number of ether oxygens (including phenoxy) is 1. The second kappa shape index (κ2) is 6.90. The molecule has 0 aliphatic carbocycles. The molecule has 0 saturated carbocycles. The van der Waals surface area contributed by atoms with Gasteiger partial charge in [-0.2, -0.15) is 9.40 Å². The lowest BCUT2D eigenvalue weighted by molar-refractivity contribution is 0.0608. The van der Waals surface area contributed by atoms with Gasteiger partial charge in [-0.3, -0.25) is 9.89 Å². The molecule has 2 atom stereocenters. The van der Waals surface area contributed by atoms with Crippen molar-refractivity contribution in [1.29, 1.82) is 0 Å². The van der Waals surface area contributed by atoms with Crippen molar-refractivity contribution in [3.8, 4) is 0 Å². The van der Waals surface area contributed by atoms with Crippen molar-refractivity contribution in [1.82, 2.24) is 24.8 Å². The van der Waals surface area contributed by atoms with Gasteiger partial charge in [-0.05, 0) is 30.2 Å². The maximum atomic E-state index is 12.9. The number of carbonyl (C=O) groups is 1. The molecule has 2 fully saturated rings. The summed E-state index contributed by atoms with van der Waals surface area (Å²) >= 11 is 0. The molecule has 2 N–H and O–H groups in total. The zero-order chi connectivity index (χ0) is 20.0. The average molecular weight is 413 g/mol. The standard InChI is InChI=1S/C19H19N5O4S/c25-19(14-5-13-9-22-23-18(13)20-8-14)21-7-12-1-3-17(4-2-12)29(26,27)24-10-16-6-15(24)11-28-16/h1-5,8-9,15-16H,6-7,10-11H2,(H,21,25)(H,20,22,23)/t15-,16-/m1/s1. The fourth-order valence-electron chi connectivity index (χ4n) is 3.82. The molecule has 4 heterocycles. The summed E-state index contributed by atoms with van der Waals surface area (Å²) in [5, 5.41) is 10.2. The number of H-pyrrole nitrogens is 1. The first kappa shape index (κ1) is 18.2. The number of fused-ring (bicyclic) bond motifs is 3. The van der Waals surface area contributed by atoms with E-state index in [0.29, 0.717) is 24.4 Å². The van der Waals surface area contributed by atoms with Crippen molar-refractivity contribution in [2.75, 3.05) is 13.2 Å². The molecule has 0 unspecified atom stereocenters. The molecule has 2 saturated heterocycles. The quantitative estimate of drug-likeness (QED) is 0.646. The Balaban J connectivity index is 1.25. The molecule has 2 aliphatic heterocycles. The summed E-state index contributed by atoms with van der Waals surface area (Å²) in [5.74, 6) is -0.259. The van der Waals surface area contributed by atoms with Gasteiger partial charge < -0.3 is 10.1 Å². The van der Waals surface area contributed by atoms with E-state index in [9.17, 15) is 13.2 Å². The lowest BCUT2D eigenvalue weighted by Gasteiger charge is -2.26. The molecular weight excluding hydrogens is 394 g/mol. The van der Waals surface area contributed by atoms with Gasteiger partial charge in [-0.25, -0.2) is 13.4 Å². The molecular formula is C19H19N5O4S. The molecule has 2 aromatic heterocycles. The number of amides is 1. The predicted octanol–water partition coefficient (Wildman–Crippen LogP) is 1.05. The molecule has 9 nitrogen and oxygen atoms in total. The smallest absolute Gasteiger partial charge is 0.253 e. The van der Waals surface area contributed by atoms with Crippen LogP contribution in [0.15, 0.2) is 47.6 Å². The topological polar surface area (TPSA) is 117 Å². The average Bonchev–Trinajstić information content (AvgIpc) is 3.48. The Morgan fingerprint density at radius 3 is 2.83 bits per heavy atom. The van der Waals surface area contributed by atoms with Gasteiger partial charge in [0, 0.05) is 24.7 Å². The number of nitrogens with one attached hydrogen (secondary N) is 2. The van der Waals surface area contributed by atoms with Crippen molar-refractivity contribution in [2.24, 2.45) is 0 Å². The van der Waals surface area contributed by atoms with Gasteiger partial charge in [-0.1, -0.05) is 12.1 Å². The van der Waals surface area contributed by atoms with Crippen molar-refractivity contribution in [2.45, 2.75) is 30.0 Å². The van der Waals surface area contributed by atoms with Crippen LogP contribution in [0.5, 0.6) is 0 Å². The van der Waals surface area contributed by atoms with Crippen LogP contribution in [0, 0.1) is 0 Å². The van der Waals surface area contributed by atoms with Crippen LogP contribution in [0.25, 0.3) is 11.0 Å². The predicted molar refractivity (Wildman–Crippen MR) is 104 cm³/mol. The minimum Gasteiger partial charge on any atom is -0.375 e. The summed E-state index contributed by atoms with van der Waals surface area (Å²) < 4.78 is 32.7. The fourth-order valence-corrected chi connectivity index (χ4v) is 5.47. The minimum atomic E-state index is -3.53. The number of hydrogen-bond donors (Lipinski definition) is 2. The van der Waals surface area contributed by atoms with Crippen molar-refractivity contribution in [3.63, 3.8) is 0 Å². The Hall–Kier alpha value is -2.82. The zero-order valence-electron chi connectivity index (χ0n) is 15.4. The highest BCUT2D eigenvalue weighted by Gasteiger charge is 2.45. The summed E-state index contributed by atoms with van der Waals surface area (Å²) in [6.07, 6.45) is 3.87. The monoisotopic (exact) mass is 413 g/mol. The van der Waals surface area contributed by atoms with Crippen LogP contribution >= 0.6 is 0 Å². The van der Waals surface area contributed by atoms with E-state index in [0.717, 1.165) is 17.4 Å². The summed E-state index contributed by atoms with van der Waals surface area (Å²) in [6.45, 7) is 1.16. The second-order valence-electron chi connectivity index (χ2n) is 7.28. The summed E-state index contributed by atoms with van der Waals surface area (Å²) in [5.41, 5.74) is 1.86. The lowest BCUT2D eigenvalue weighted by atomic mass is 10.2. The normalized spacial score (nSPS) is 21.7. The maximum absolute atomic E-state index is 12.9. The maximum Gasteiger partial charge on any atom is 0.253 e.